The van der Waals surface area contributed by atoms with Gasteiger partial charge >= 0.3 is 6.18 Å². The molecule has 210 valence electrons. The summed E-state index contributed by atoms with van der Waals surface area (Å²) in [5.74, 6) is -0.267. The maximum absolute atomic E-state index is 13.2. The number of nitrogens with one attached hydrogen (secondary N) is 1. The van der Waals surface area contributed by atoms with Crippen molar-refractivity contribution in [1.29, 1.82) is 0 Å². The molecular weight excluding hydrogens is 519 g/mol. The van der Waals surface area contributed by atoms with Gasteiger partial charge in [-0.25, -0.2) is 0 Å². The minimum absolute atomic E-state index is 0.00794. The number of alkyl halides is 3. The zero-order chi connectivity index (χ0) is 28.3. The van der Waals surface area contributed by atoms with E-state index in [1.54, 1.807) is 12.1 Å². The van der Waals surface area contributed by atoms with Crippen LogP contribution in [0.2, 0.25) is 0 Å². The van der Waals surface area contributed by atoms with Gasteiger partial charge in [-0.3, -0.25) is 9.59 Å². The number of ether oxygens (including phenoxy) is 1. The van der Waals surface area contributed by atoms with Crippen LogP contribution < -0.4 is 10.2 Å². The first-order valence-corrected chi connectivity index (χ1v) is 13.5. The highest BCUT2D eigenvalue weighted by Gasteiger charge is 2.33. The minimum atomic E-state index is -4.52. The number of hydrogen-bond donors (Lipinski definition) is 1. The Morgan fingerprint density at radius 1 is 0.900 bits per heavy atom. The number of morpholine rings is 1. The van der Waals surface area contributed by atoms with Gasteiger partial charge in [-0.2, -0.15) is 13.2 Å². The van der Waals surface area contributed by atoms with Gasteiger partial charge in [-0.15, -0.1) is 0 Å². The van der Waals surface area contributed by atoms with Gasteiger partial charge in [0.25, 0.3) is 11.8 Å². The van der Waals surface area contributed by atoms with E-state index >= 15 is 0 Å². The van der Waals surface area contributed by atoms with Crippen molar-refractivity contribution in [1.82, 2.24) is 4.90 Å². The number of nitrogens with zero attached hydrogens (tertiary/aromatic N) is 2. The predicted molar refractivity (Wildman–Crippen MR) is 148 cm³/mol. The molecule has 5 rings (SSSR count). The van der Waals surface area contributed by atoms with E-state index < -0.39 is 17.6 Å². The number of hydrogen-bond acceptors (Lipinski definition) is 4. The molecule has 0 radical (unpaired) electrons. The molecule has 3 aromatic rings. The number of rotatable bonds is 5. The Morgan fingerprint density at radius 2 is 1.57 bits per heavy atom. The van der Waals surface area contributed by atoms with Crippen LogP contribution in [0.4, 0.5) is 24.5 Å². The van der Waals surface area contributed by atoms with Gasteiger partial charge in [0.05, 0.1) is 18.8 Å². The van der Waals surface area contributed by atoms with E-state index in [0.717, 1.165) is 43.2 Å². The second-order valence-electron chi connectivity index (χ2n) is 10.3. The fourth-order valence-corrected chi connectivity index (χ4v) is 5.48. The molecule has 1 N–H and O–H groups in total. The summed E-state index contributed by atoms with van der Waals surface area (Å²) in [5.41, 5.74) is 2.43. The quantitative estimate of drug-likeness (QED) is 0.415. The van der Waals surface area contributed by atoms with E-state index in [1.165, 1.54) is 19.1 Å². The lowest BCUT2D eigenvalue weighted by atomic mass is 9.89. The Kier molecular flexibility index (Phi) is 8.12. The van der Waals surface area contributed by atoms with Gasteiger partial charge in [0.2, 0.25) is 0 Å². The molecule has 0 unspecified atom stereocenters. The third kappa shape index (κ3) is 6.14. The number of likely N-dealkylation sites (tertiary alicyclic amines) is 1. The average Bonchev–Trinajstić information content (AvgIpc) is 2.97. The van der Waals surface area contributed by atoms with Crippen LogP contribution >= 0.6 is 0 Å². The van der Waals surface area contributed by atoms with Gasteiger partial charge in [0, 0.05) is 48.7 Å². The molecule has 40 heavy (non-hydrogen) atoms. The van der Waals surface area contributed by atoms with Crippen LogP contribution in [0.1, 0.15) is 56.2 Å². The van der Waals surface area contributed by atoms with Crippen molar-refractivity contribution in [3.05, 3.63) is 94.5 Å². The molecule has 0 spiro atoms. The predicted octanol–water partition coefficient (Wildman–Crippen LogP) is 6.12. The third-order valence-corrected chi connectivity index (χ3v) is 7.78. The molecule has 0 bridgehead atoms. The lowest BCUT2D eigenvalue weighted by Gasteiger charge is -2.33. The van der Waals surface area contributed by atoms with Gasteiger partial charge in [0.1, 0.15) is 0 Å². The first-order chi connectivity index (χ1) is 19.2. The summed E-state index contributed by atoms with van der Waals surface area (Å²) in [6, 6.07) is 18.8. The summed E-state index contributed by atoms with van der Waals surface area (Å²) in [4.78, 5) is 30.1. The number of carbonyl (C=O) groups excluding carboxylic acids is 2. The summed E-state index contributed by atoms with van der Waals surface area (Å²) < 4.78 is 45.1. The van der Waals surface area contributed by atoms with Gasteiger partial charge < -0.3 is 19.9 Å². The van der Waals surface area contributed by atoms with Crippen molar-refractivity contribution in [2.45, 2.75) is 31.9 Å². The van der Waals surface area contributed by atoms with Crippen molar-refractivity contribution < 1.29 is 27.5 Å². The fraction of sp³-hybridized carbons (Fsp3) is 0.355. The van der Waals surface area contributed by atoms with E-state index in [0.29, 0.717) is 37.6 Å². The molecule has 2 aliphatic rings. The zero-order valence-corrected chi connectivity index (χ0v) is 22.3. The highest BCUT2D eigenvalue weighted by atomic mass is 19.4. The Morgan fingerprint density at radius 3 is 2.25 bits per heavy atom. The van der Waals surface area contributed by atoms with Crippen LogP contribution in [0, 0.1) is 6.92 Å². The van der Waals surface area contributed by atoms with Crippen LogP contribution in [0.25, 0.3) is 0 Å². The summed E-state index contributed by atoms with van der Waals surface area (Å²) in [6.45, 7) is 5.62. The largest absolute Gasteiger partial charge is 0.416 e. The first kappa shape index (κ1) is 27.7. The summed E-state index contributed by atoms with van der Waals surface area (Å²) >= 11 is 0. The molecule has 6 nitrogen and oxygen atoms in total. The van der Waals surface area contributed by atoms with E-state index in [4.69, 9.17) is 4.74 Å². The smallest absolute Gasteiger partial charge is 0.378 e. The lowest BCUT2D eigenvalue weighted by Crippen LogP contribution is -2.38. The Bertz CT molecular complexity index is 1360. The number of halogens is 3. The average molecular weight is 552 g/mol. The van der Waals surface area contributed by atoms with Gasteiger partial charge in [0.15, 0.2) is 0 Å². The zero-order valence-electron chi connectivity index (χ0n) is 22.3. The Balaban J connectivity index is 1.17. The van der Waals surface area contributed by atoms with E-state index in [1.807, 2.05) is 41.3 Å². The van der Waals surface area contributed by atoms with Gasteiger partial charge in [-0.05, 0) is 79.3 Å². The number of anilines is 2. The minimum Gasteiger partial charge on any atom is -0.378 e. The molecule has 2 saturated heterocycles. The molecule has 2 fully saturated rings. The molecule has 3 aromatic carbocycles. The number of amides is 2. The monoisotopic (exact) mass is 551 g/mol. The molecule has 0 aromatic heterocycles. The maximum atomic E-state index is 13.2. The summed E-state index contributed by atoms with van der Waals surface area (Å²) in [7, 11) is 0. The molecule has 2 aliphatic heterocycles. The fourth-order valence-electron chi connectivity index (χ4n) is 5.48. The first-order valence-electron chi connectivity index (χ1n) is 13.5. The molecule has 0 atom stereocenters. The molecule has 9 heteroatoms. The van der Waals surface area contributed by atoms with Crippen molar-refractivity contribution in [2.75, 3.05) is 49.6 Å². The number of benzene rings is 3. The van der Waals surface area contributed by atoms with Crippen molar-refractivity contribution >= 4 is 23.2 Å². The van der Waals surface area contributed by atoms with E-state index in [9.17, 15) is 22.8 Å². The van der Waals surface area contributed by atoms with Crippen LogP contribution in [-0.4, -0.2) is 56.1 Å². The van der Waals surface area contributed by atoms with Crippen LogP contribution in [-0.2, 0) is 10.9 Å². The third-order valence-electron chi connectivity index (χ3n) is 7.78. The topological polar surface area (TPSA) is 61.9 Å². The number of piperidine rings is 1. The second kappa shape index (κ2) is 11.7. The summed E-state index contributed by atoms with van der Waals surface area (Å²) in [5, 5.41) is 2.71. The SMILES string of the molecule is Cc1c(C(=O)Nc2ccc(C3CCN(C(=O)c4cccc(N5CCOCC5)c4)CC3)cc2)cccc1C(F)(F)F. The summed E-state index contributed by atoms with van der Waals surface area (Å²) in [6.07, 6.45) is -2.87. The van der Waals surface area contributed by atoms with Crippen LogP contribution in [0.15, 0.2) is 66.7 Å². The highest BCUT2D eigenvalue weighted by Crippen LogP contribution is 2.33. The highest BCUT2D eigenvalue weighted by molar-refractivity contribution is 6.05. The van der Waals surface area contributed by atoms with E-state index in [-0.39, 0.29) is 23.0 Å². The normalized spacial score (nSPS) is 16.6. The molecule has 0 aliphatic carbocycles. The van der Waals surface area contributed by atoms with Crippen LogP contribution in [0.3, 0.4) is 0 Å². The van der Waals surface area contributed by atoms with Crippen molar-refractivity contribution in [3.63, 3.8) is 0 Å². The van der Waals surface area contributed by atoms with Gasteiger partial charge in [-0.1, -0.05) is 24.3 Å². The molecule has 2 amide bonds. The lowest BCUT2D eigenvalue weighted by molar-refractivity contribution is -0.138. The van der Waals surface area contributed by atoms with Crippen molar-refractivity contribution in [3.8, 4) is 0 Å². The molecule has 2 heterocycles. The van der Waals surface area contributed by atoms with Crippen molar-refractivity contribution in [2.24, 2.45) is 0 Å². The molecular formula is C31H32F3N3O3. The molecule has 0 saturated carbocycles. The Hall–Kier alpha value is -3.85. The van der Waals surface area contributed by atoms with E-state index in [2.05, 4.69) is 10.2 Å². The standard InChI is InChI=1S/C31H32F3N3O3/c1-21-27(6-3-7-28(21)31(32,33)34)29(38)35-25-10-8-22(9-11-25)23-12-14-37(15-13-23)30(39)24-4-2-5-26(20-24)36-16-18-40-19-17-36/h2-11,20,23H,12-19H2,1H3,(H,35,38). The van der Waals surface area contributed by atoms with Crippen LogP contribution in [0.5, 0.6) is 0 Å². The maximum Gasteiger partial charge on any atom is 0.416 e. The number of carbonyl (C=O) groups is 2. The second-order valence-corrected chi connectivity index (χ2v) is 10.3. The Labute approximate surface area is 231 Å².